The number of rotatable bonds is 11. The van der Waals surface area contributed by atoms with Gasteiger partial charge in [-0.2, -0.15) is 0 Å². The van der Waals surface area contributed by atoms with E-state index in [9.17, 15) is 14.4 Å². The Kier molecular flexibility index (Phi) is 9.67. The van der Waals surface area contributed by atoms with Crippen molar-refractivity contribution >= 4 is 40.9 Å². The number of nitrogens with one attached hydrogen (secondary N) is 3. The third kappa shape index (κ3) is 7.08. The minimum absolute atomic E-state index is 0.0138. The van der Waals surface area contributed by atoms with Gasteiger partial charge in [0.15, 0.2) is 0 Å². The summed E-state index contributed by atoms with van der Waals surface area (Å²) in [4.78, 5) is 42.4. The van der Waals surface area contributed by atoms with Crippen LogP contribution in [0.3, 0.4) is 0 Å². The van der Waals surface area contributed by atoms with Crippen molar-refractivity contribution in [3.05, 3.63) is 70.9 Å². The lowest BCUT2D eigenvalue weighted by Crippen LogP contribution is -2.33. The molecule has 0 aromatic heterocycles. The van der Waals surface area contributed by atoms with Crippen molar-refractivity contribution in [3.8, 4) is 0 Å². The van der Waals surface area contributed by atoms with Gasteiger partial charge >= 0.3 is 0 Å². The van der Waals surface area contributed by atoms with Crippen LogP contribution in [0.1, 0.15) is 36.5 Å². The van der Waals surface area contributed by atoms with E-state index in [-0.39, 0.29) is 17.5 Å². The summed E-state index contributed by atoms with van der Waals surface area (Å²) in [5, 5.41) is 9.05. The van der Waals surface area contributed by atoms with Crippen molar-refractivity contribution in [1.29, 1.82) is 0 Å². The van der Waals surface area contributed by atoms with Crippen molar-refractivity contribution in [1.82, 2.24) is 15.1 Å². The molecule has 0 radical (unpaired) electrons. The topological polar surface area (TPSA) is 120 Å². The first-order valence-corrected chi connectivity index (χ1v) is 14.0. The molecule has 5 N–H and O–H groups in total. The Balaban J connectivity index is 1.31. The van der Waals surface area contributed by atoms with E-state index in [1.54, 1.807) is 29.2 Å². The lowest BCUT2D eigenvalue weighted by atomic mass is 10.2. The SMILES string of the molecule is CCN1C(=O)[C@@H](CNc2cccc(C(=O)NCCCN3CCCC3)c2)S/C1=C(/N)C(=O)Nc1ccccc1. The highest BCUT2D eigenvalue weighted by Gasteiger charge is 2.38. The van der Waals surface area contributed by atoms with Crippen molar-refractivity contribution in [2.24, 2.45) is 5.73 Å². The number of hydrogen-bond acceptors (Lipinski definition) is 7. The van der Waals surface area contributed by atoms with E-state index in [2.05, 4.69) is 20.9 Å². The predicted octanol–water partition coefficient (Wildman–Crippen LogP) is 3.04. The van der Waals surface area contributed by atoms with Crippen LogP contribution < -0.4 is 21.7 Å². The van der Waals surface area contributed by atoms with Gasteiger partial charge in [-0.3, -0.25) is 14.4 Å². The molecule has 2 saturated heterocycles. The molecule has 0 bridgehead atoms. The average Bonchev–Trinajstić information content (AvgIpc) is 3.57. The summed E-state index contributed by atoms with van der Waals surface area (Å²) < 4.78 is 0. The number of amides is 3. The Hall–Kier alpha value is -3.50. The van der Waals surface area contributed by atoms with Crippen LogP contribution in [0.15, 0.2) is 65.3 Å². The lowest BCUT2D eigenvalue weighted by molar-refractivity contribution is -0.127. The zero-order valence-corrected chi connectivity index (χ0v) is 22.6. The van der Waals surface area contributed by atoms with E-state index in [1.807, 2.05) is 37.3 Å². The molecule has 38 heavy (non-hydrogen) atoms. The molecule has 3 amide bonds. The van der Waals surface area contributed by atoms with Gasteiger partial charge < -0.3 is 31.5 Å². The predicted molar refractivity (Wildman–Crippen MR) is 153 cm³/mol. The molecule has 1 atom stereocenters. The number of nitrogens with two attached hydrogens (primary N) is 1. The number of benzene rings is 2. The Bertz CT molecular complexity index is 1170. The summed E-state index contributed by atoms with van der Waals surface area (Å²) >= 11 is 1.28. The maximum Gasteiger partial charge on any atom is 0.274 e. The fourth-order valence-corrected chi connectivity index (χ4v) is 5.80. The second-order valence-electron chi connectivity index (χ2n) is 9.35. The first kappa shape index (κ1) is 27.5. The van der Waals surface area contributed by atoms with E-state index >= 15 is 0 Å². The molecule has 10 heteroatoms. The molecule has 2 heterocycles. The van der Waals surface area contributed by atoms with Gasteiger partial charge in [0.2, 0.25) is 5.91 Å². The number of anilines is 2. The molecule has 4 rings (SSSR count). The summed E-state index contributed by atoms with van der Waals surface area (Å²) in [6.45, 7) is 6.56. The zero-order chi connectivity index (χ0) is 26.9. The first-order chi connectivity index (χ1) is 18.5. The van der Waals surface area contributed by atoms with Gasteiger partial charge in [-0.25, -0.2) is 0 Å². The van der Waals surface area contributed by atoms with E-state index in [0.29, 0.717) is 35.9 Å². The van der Waals surface area contributed by atoms with Gasteiger partial charge in [0.1, 0.15) is 16.0 Å². The highest BCUT2D eigenvalue weighted by atomic mass is 32.2. The van der Waals surface area contributed by atoms with Crippen LogP contribution in [0.2, 0.25) is 0 Å². The zero-order valence-electron chi connectivity index (χ0n) is 21.7. The average molecular weight is 537 g/mol. The van der Waals surface area contributed by atoms with Gasteiger partial charge in [0.25, 0.3) is 11.8 Å². The molecular formula is C28H36N6O3S. The molecule has 2 aliphatic heterocycles. The highest BCUT2D eigenvalue weighted by Crippen LogP contribution is 2.36. The minimum Gasteiger partial charge on any atom is -0.392 e. The Morgan fingerprint density at radius 3 is 2.53 bits per heavy atom. The van der Waals surface area contributed by atoms with Gasteiger partial charge in [0.05, 0.1) is 0 Å². The maximum absolute atomic E-state index is 13.0. The molecule has 202 valence electrons. The van der Waals surface area contributed by atoms with E-state index in [1.165, 1.54) is 24.6 Å². The molecule has 0 spiro atoms. The smallest absolute Gasteiger partial charge is 0.274 e. The van der Waals surface area contributed by atoms with Crippen LogP contribution in [0.5, 0.6) is 0 Å². The number of para-hydroxylation sites is 1. The quantitative estimate of drug-likeness (QED) is 0.257. The van der Waals surface area contributed by atoms with E-state index < -0.39 is 11.2 Å². The van der Waals surface area contributed by atoms with E-state index in [0.717, 1.165) is 31.7 Å². The minimum atomic E-state index is -0.448. The summed E-state index contributed by atoms with van der Waals surface area (Å²) in [7, 11) is 0. The molecule has 2 aromatic rings. The van der Waals surface area contributed by atoms with Crippen molar-refractivity contribution in [2.75, 3.05) is 49.9 Å². The lowest BCUT2D eigenvalue weighted by Gasteiger charge is -2.16. The van der Waals surface area contributed by atoms with Gasteiger partial charge in [-0.05, 0) is 76.2 Å². The van der Waals surface area contributed by atoms with Gasteiger partial charge in [0, 0.05) is 36.6 Å². The van der Waals surface area contributed by atoms with Crippen LogP contribution in [0.25, 0.3) is 0 Å². The fourth-order valence-electron chi connectivity index (χ4n) is 4.57. The summed E-state index contributed by atoms with van der Waals surface area (Å²) in [5.74, 6) is -0.666. The number of nitrogens with zero attached hydrogens (tertiary/aromatic N) is 2. The van der Waals surface area contributed by atoms with Gasteiger partial charge in [-0.1, -0.05) is 36.0 Å². The molecule has 0 saturated carbocycles. The number of hydrogen-bond donors (Lipinski definition) is 4. The molecule has 0 unspecified atom stereocenters. The second kappa shape index (κ2) is 13.3. The largest absolute Gasteiger partial charge is 0.392 e. The van der Waals surface area contributed by atoms with Crippen molar-refractivity contribution in [3.63, 3.8) is 0 Å². The molecular weight excluding hydrogens is 500 g/mol. The van der Waals surface area contributed by atoms with Crippen LogP contribution in [-0.2, 0) is 9.59 Å². The fraction of sp³-hybridized carbons (Fsp3) is 0.393. The third-order valence-corrected chi connectivity index (χ3v) is 7.93. The molecule has 9 nitrogen and oxygen atoms in total. The maximum atomic E-state index is 13.0. The highest BCUT2D eigenvalue weighted by molar-refractivity contribution is 8.04. The van der Waals surface area contributed by atoms with Crippen LogP contribution >= 0.6 is 11.8 Å². The van der Waals surface area contributed by atoms with Crippen LogP contribution in [0.4, 0.5) is 11.4 Å². The normalized spacial score (nSPS) is 18.9. The molecule has 2 fully saturated rings. The monoisotopic (exact) mass is 536 g/mol. The van der Waals surface area contributed by atoms with Crippen LogP contribution in [0, 0.1) is 0 Å². The van der Waals surface area contributed by atoms with Crippen molar-refractivity contribution in [2.45, 2.75) is 31.4 Å². The number of carbonyl (C=O) groups excluding carboxylic acids is 3. The Labute approximate surface area is 228 Å². The second-order valence-corrected chi connectivity index (χ2v) is 10.5. The molecule has 2 aromatic carbocycles. The van der Waals surface area contributed by atoms with Crippen LogP contribution in [-0.4, -0.2) is 72.0 Å². The Morgan fingerprint density at radius 2 is 1.79 bits per heavy atom. The Morgan fingerprint density at radius 1 is 1.05 bits per heavy atom. The third-order valence-electron chi connectivity index (χ3n) is 6.62. The molecule has 2 aliphatic rings. The summed E-state index contributed by atoms with van der Waals surface area (Å²) in [6, 6.07) is 16.3. The number of carbonyl (C=O) groups is 3. The van der Waals surface area contributed by atoms with Crippen molar-refractivity contribution < 1.29 is 14.4 Å². The standard InChI is InChI=1S/C28H36N6O3S/c1-2-34-27(37)23(38-28(34)24(29)26(36)32-21-11-4-3-5-12-21)19-31-22-13-8-10-20(18-22)25(35)30-14-9-17-33-15-6-7-16-33/h3-5,8,10-13,18,23,31H,2,6-7,9,14-17,19,29H2,1H3,(H,30,35)(H,32,36)/b28-24+/t23-/m1/s1. The number of thioether (sulfide) groups is 1. The van der Waals surface area contributed by atoms with E-state index in [4.69, 9.17) is 5.73 Å². The summed E-state index contributed by atoms with van der Waals surface area (Å²) in [6.07, 6.45) is 3.46. The number of likely N-dealkylation sites (tertiary alicyclic amines) is 1. The summed E-state index contributed by atoms with van der Waals surface area (Å²) in [5.41, 5.74) is 8.15. The first-order valence-electron chi connectivity index (χ1n) is 13.1. The molecule has 0 aliphatic carbocycles. The van der Waals surface area contributed by atoms with Gasteiger partial charge in [-0.15, -0.1) is 0 Å².